The lowest BCUT2D eigenvalue weighted by Crippen LogP contribution is -2.28. The van der Waals surface area contributed by atoms with Crippen LogP contribution >= 0.6 is 23.1 Å². The smallest absolute Gasteiger partial charge is 0.230 e. The molecule has 0 fully saturated rings. The van der Waals surface area contributed by atoms with E-state index in [1.165, 1.54) is 35.2 Å². The van der Waals surface area contributed by atoms with Crippen molar-refractivity contribution in [1.82, 2.24) is 20.1 Å². The number of nitrogens with zero attached hydrogens (tertiary/aromatic N) is 3. The highest BCUT2D eigenvalue weighted by molar-refractivity contribution is 7.99. The summed E-state index contributed by atoms with van der Waals surface area (Å²) in [7, 11) is 0. The molecule has 0 bridgehead atoms. The Labute approximate surface area is 175 Å². The number of benzene rings is 1. The Morgan fingerprint density at radius 1 is 1.28 bits per heavy atom. The lowest BCUT2D eigenvalue weighted by molar-refractivity contribution is -0.119. The van der Waals surface area contributed by atoms with Crippen molar-refractivity contribution in [3.8, 4) is 10.7 Å². The number of thiophene rings is 1. The van der Waals surface area contributed by atoms with E-state index >= 15 is 0 Å². The molecule has 0 aliphatic carbocycles. The average molecular weight is 434 g/mol. The van der Waals surface area contributed by atoms with E-state index in [1.807, 2.05) is 24.4 Å². The molecular formula is C19H20FN5O2S2. The van der Waals surface area contributed by atoms with Crippen LogP contribution in [0.25, 0.3) is 10.7 Å². The normalized spacial score (nSPS) is 11.9. The standard InChI is InChI=1S/C19H20FN5O2S2/c1-12(13-4-6-14(20)7-5-13)22-17(27)11-29-19-24-23-18(15-3-2-10-28-15)25(19)9-8-16(21)26/h2-7,10,12H,8-9,11H2,1H3,(H2,21,26)(H,22,27). The van der Waals surface area contributed by atoms with E-state index < -0.39 is 5.91 Å². The summed E-state index contributed by atoms with van der Waals surface area (Å²) in [6.45, 7) is 2.17. The monoisotopic (exact) mass is 433 g/mol. The first kappa shape index (κ1) is 21.0. The molecule has 0 radical (unpaired) electrons. The van der Waals surface area contributed by atoms with Gasteiger partial charge in [-0.3, -0.25) is 9.59 Å². The van der Waals surface area contributed by atoms with Crippen LogP contribution in [0.2, 0.25) is 0 Å². The van der Waals surface area contributed by atoms with Crippen molar-refractivity contribution in [1.29, 1.82) is 0 Å². The van der Waals surface area contributed by atoms with Gasteiger partial charge in [-0.05, 0) is 36.1 Å². The maximum atomic E-state index is 13.0. The van der Waals surface area contributed by atoms with E-state index in [-0.39, 0.29) is 29.9 Å². The van der Waals surface area contributed by atoms with Crippen LogP contribution in [0.15, 0.2) is 46.9 Å². The number of nitrogens with one attached hydrogen (secondary N) is 1. The second kappa shape index (κ2) is 9.66. The molecule has 1 atom stereocenters. The summed E-state index contributed by atoms with van der Waals surface area (Å²) in [6, 6.07) is 9.58. The molecule has 3 rings (SSSR count). The van der Waals surface area contributed by atoms with Gasteiger partial charge in [-0.1, -0.05) is 30.0 Å². The van der Waals surface area contributed by atoms with Crippen LogP contribution in [0.5, 0.6) is 0 Å². The highest BCUT2D eigenvalue weighted by atomic mass is 32.2. The molecule has 2 heterocycles. The summed E-state index contributed by atoms with van der Waals surface area (Å²) in [4.78, 5) is 24.5. The van der Waals surface area contributed by atoms with E-state index in [1.54, 1.807) is 16.7 Å². The maximum Gasteiger partial charge on any atom is 0.230 e. The summed E-state index contributed by atoms with van der Waals surface area (Å²) >= 11 is 2.75. The minimum Gasteiger partial charge on any atom is -0.370 e. The number of amides is 2. The Hall–Kier alpha value is -2.72. The minimum absolute atomic E-state index is 0.130. The summed E-state index contributed by atoms with van der Waals surface area (Å²) in [6.07, 6.45) is 0.151. The molecule has 3 N–H and O–H groups in total. The number of aromatic nitrogens is 3. The Morgan fingerprint density at radius 3 is 2.69 bits per heavy atom. The third-order valence-electron chi connectivity index (χ3n) is 4.12. The van der Waals surface area contributed by atoms with Crippen LogP contribution < -0.4 is 11.1 Å². The van der Waals surface area contributed by atoms with Gasteiger partial charge in [0.25, 0.3) is 0 Å². The summed E-state index contributed by atoms with van der Waals surface area (Å²) in [5.74, 6) is -0.153. The second-order valence-corrected chi connectivity index (χ2v) is 8.17. The fraction of sp³-hybridized carbons (Fsp3) is 0.263. The molecule has 2 aromatic heterocycles. The molecule has 29 heavy (non-hydrogen) atoms. The zero-order valence-corrected chi connectivity index (χ0v) is 17.3. The van der Waals surface area contributed by atoms with E-state index in [9.17, 15) is 14.0 Å². The Balaban J connectivity index is 1.65. The second-order valence-electron chi connectivity index (χ2n) is 6.28. The van der Waals surface area contributed by atoms with Crippen molar-refractivity contribution in [3.05, 3.63) is 53.2 Å². The van der Waals surface area contributed by atoms with Crippen LogP contribution in [0.4, 0.5) is 4.39 Å². The number of thioether (sulfide) groups is 1. The molecule has 0 aliphatic rings. The summed E-state index contributed by atoms with van der Waals surface area (Å²) in [5, 5.41) is 13.7. The number of nitrogens with two attached hydrogens (primary N) is 1. The van der Waals surface area contributed by atoms with Crippen molar-refractivity contribution < 1.29 is 14.0 Å². The Bertz CT molecular complexity index is 973. The average Bonchev–Trinajstić information content (AvgIpc) is 3.34. The fourth-order valence-electron chi connectivity index (χ4n) is 2.66. The van der Waals surface area contributed by atoms with Crippen LogP contribution in [-0.4, -0.2) is 32.3 Å². The van der Waals surface area contributed by atoms with Gasteiger partial charge in [0, 0.05) is 13.0 Å². The van der Waals surface area contributed by atoms with Gasteiger partial charge in [0.05, 0.1) is 16.7 Å². The van der Waals surface area contributed by atoms with Gasteiger partial charge in [-0.2, -0.15) is 0 Å². The third-order valence-corrected chi connectivity index (χ3v) is 5.95. The number of primary amides is 1. The molecule has 0 saturated carbocycles. The summed E-state index contributed by atoms with van der Waals surface area (Å²) in [5.41, 5.74) is 6.10. The van der Waals surface area contributed by atoms with Gasteiger partial charge in [0.15, 0.2) is 11.0 Å². The molecule has 2 amide bonds. The van der Waals surface area contributed by atoms with E-state index in [0.29, 0.717) is 17.5 Å². The topological polar surface area (TPSA) is 103 Å². The van der Waals surface area contributed by atoms with E-state index in [0.717, 1.165) is 10.4 Å². The van der Waals surface area contributed by atoms with Crippen molar-refractivity contribution in [2.75, 3.05) is 5.75 Å². The quantitative estimate of drug-likeness (QED) is 0.505. The lowest BCUT2D eigenvalue weighted by atomic mass is 10.1. The number of halogens is 1. The molecule has 0 saturated heterocycles. The minimum atomic E-state index is -0.419. The number of hydrogen-bond donors (Lipinski definition) is 2. The fourth-order valence-corrected chi connectivity index (χ4v) is 4.15. The van der Waals surface area contributed by atoms with Crippen LogP contribution in [0.1, 0.15) is 24.9 Å². The van der Waals surface area contributed by atoms with Gasteiger partial charge in [-0.15, -0.1) is 21.5 Å². The first-order valence-corrected chi connectivity index (χ1v) is 10.7. The molecule has 0 spiro atoms. The number of hydrogen-bond acceptors (Lipinski definition) is 6. The van der Waals surface area contributed by atoms with E-state index in [4.69, 9.17) is 5.73 Å². The molecule has 1 aromatic carbocycles. The van der Waals surface area contributed by atoms with Crippen molar-refractivity contribution in [2.45, 2.75) is 31.1 Å². The van der Waals surface area contributed by atoms with Crippen LogP contribution in [-0.2, 0) is 16.1 Å². The zero-order valence-electron chi connectivity index (χ0n) is 15.7. The van der Waals surface area contributed by atoms with Gasteiger partial charge >= 0.3 is 0 Å². The zero-order chi connectivity index (χ0) is 20.8. The molecule has 0 aliphatic heterocycles. The first-order chi connectivity index (χ1) is 13.9. The Morgan fingerprint density at radius 2 is 2.03 bits per heavy atom. The third kappa shape index (κ3) is 5.64. The molecule has 10 heteroatoms. The highest BCUT2D eigenvalue weighted by Gasteiger charge is 2.17. The number of carbonyl (C=O) groups is 2. The summed E-state index contributed by atoms with van der Waals surface area (Å²) < 4.78 is 14.8. The molecular weight excluding hydrogens is 413 g/mol. The van der Waals surface area contributed by atoms with Gasteiger partial charge < -0.3 is 15.6 Å². The molecule has 3 aromatic rings. The largest absolute Gasteiger partial charge is 0.370 e. The van der Waals surface area contributed by atoms with Gasteiger partial charge in [0.2, 0.25) is 11.8 Å². The van der Waals surface area contributed by atoms with Crippen LogP contribution in [0.3, 0.4) is 0 Å². The van der Waals surface area contributed by atoms with Crippen molar-refractivity contribution in [3.63, 3.8) is 0 Å². The molecule has 152 valence electrons. The predicted molar refractivity (Wildman–Crippen MR) is 111 cm³/mol. The predicted octanol–water partition coefficient (Wildman–Crippen LogP) is 2.99. The number of carbonyl (C=O) groups excluding carboxylic acids is 2. The van der Waals surface area contributed by atoms with Crippen molar-refractivity contribution >= 4 is 34.9 Å². The van der Waals surface area contributed by atoms with Crippen molar-refractivity contribution in [2.24, 2.45) is 5.73 Å². The van der Waals surface area contributed by atoms with Gasteiger partial charge in [-0.25, -0.2) is 4.39 Å². The highest BCUT2D eigenvalue weighted by Crippen LogP contribution is 2.27. The van der Waals surface area contributed by atoms with Gasteiger partial charge in [0.1, 0.15) is 5.82 Å². The number of rotatable bonds is 9. The first-order valence-electron chi connectivity index (χ1n) is 8.87. The molecule has 7 nitrogen and oxygen atoms in total. The van der Waals surface area contributed by atoms with E-state index in [2.05, 4.69) is 15.5 Å². The molecule has 1 unspecified atom stereocenters. The Kier molecular flexibility index (Phi) is 6.99. The SMILES string of the molecule is CC(NC(=O)CSc1nnc(-c2cccs2)n1CCC(N)=O)c1ccc(F)cc1. The van der Waals surface area contributed by atoms with Crippen LogP contribution in [0, 0.1) is 5.82 Å². The lowest BCUT2D eigenvalue weighted by Gasteiger charge is -2.14. The maximum absolute atomic E-state index is 13.0.